The molecule has 8 heteroatoms. The fraction of sp³-hybridized carbons (Fsp3) is 0.500. The third-order valence-electron chi connectivity index (χ3n) is 2.98. The number of rotatable bonds is 6. The molecule has 24 heavy (non-hydrogen) atoms. The van der Waals surface area contributed by atoms with Crippen molar-refractivity contribution < 1.29 is 29.6 Å². The Hall–Kier alpha value is -1.83. The molecule has 0 aliphatic heterocycles. The lowest BCUT2D eigenvalue weighted by molar-refractivity contribution is 0.0122. The summed E-state index contributed by atoms with van der Waals surface area (Å²) in [5, 5.41) is 31.7. The number of carbonyl (C=O) groups is 2. The Morgan fingerprint density at radius 1 is 1.25 bits per heavy atom. The molecule has 0 aliphatic carbocycles. The van der Waals surface area contributed by atoms with Crippen molar-refractivity contribution in [3.8, 4) is 0 Å². The molecule has 0 spiro atoms. The first-order chi connectivity index (χ1) is 11.0. The second kappa shape index (κ2) is 8.32. The summed E-state index contributed by atoms with van der Waals surface area (Å²) in [7, 11) is 0. The lowest BCUT2D eigenvalue weighted by Gasteiger charge is -2.21. The second-order valence-electron chi connectivity index (χ2n) is 6.31. The normalized spacial score (nSPS) is 13.9. The fourth-order valence-electron chi connectivity index (χ4n) is 1.92. The molecule has 0 radical (unpaired) electrons. The molecule has 0 saturated carbocycles. The van der Waals surface area contributed by atoms with Crippen LogP contribution in [0.5, 0.6) is 0 Å². The average molecular weight is 360 g/mol. The van der Waals surface area contributed by atoms with Gasteiger partial charge in [0.15, 0.2) is 0 Å². The quantitative estimate of drug-likeness (QED) is 0.619. The van der Waals surface area contributed by atoms with Gasteiger partial charge in [0, 0.05) is 11.6 Å². The van der Waals surface area contributed by atoms with Crippen LogP contribution in [-0.2, 0) is 4.74 Å². The monoisotopic (exact) mass is 359 g/mol. The van der Waals surface area contributed by atoms with E-state index in [9.17, 15) is 19.8 Å². The maximum Gasteiger partial charge on any atom is 0.407 e. The number of carboxylic acid groups (broad SMARTS) is 1. The van der Waals surface area contributed by atoms with E-state index in [1.807, 2.05) is 0 Å². The Morgan fingerprint density at radius 3 is 2.42 bits per heavy atom. The molecule has 1 aromatic carbocycles. The van der Waals surface area contributed by atoms with Crippen LogP contribution in [0.1, 0.15) is 49.2 Å². The van der Waals surface area contributed by atoms with E-state index >= 15 is 0 Å². The molecule has 0 saturated heterocycles. The zero-order valence-corrected chi connectivity index (χ0v) is 14.5. The predicted molar refractivity (Wildman–Crippen MR) is 88.2 cm³/mol. The van der Waals surface area contributed by atoms with E-state index in [-0.39, 0.29) is 29.1 Å². The summed E-state index contributed by atoms with van der Waals surface area (Å²) >= 11 is 5.82. The Kier molecular flexibility index (Phi) is 7.01. The minimum absolute atomic E-state index is 0.0509. The summed E-state index contributed by atoms with van der Waals surface area (Å²) < 4.78 is 5.05. The highest BCUT2D eigenvalue weighted by atomic mass is 35.5. The first-order valence-electron chi connectivity index (χ1n) is 7.36. The molecule has 2 atom stereocenters. The van der Waals surface area contributed by atoms with Gasteiger partial charge in [-0.2, -0.15) is 0 Å². The van der Waals surface area contributed by atoms with Gasteiger partial charge in [0.2, 0.25) is 0 Å². The summed E-state index contributed by atoms with van der Waals surface area (Å²) in [5.74, 6) is -1.19. The van der Waals surface area contributed by atoms with E-state index < -0.39 is 29.9 Å². The highest BCUT2D eigenvalue weighted by Gasteiger charge is 2.21. The van der Waals surface area contributed by atoms with E-state index in [0.29, 0.717) is 0 Å². The van der Waals surface area contributed by atoms with E-state index in [4.69, 9.17) is 21.4 Å². The molecular formula is C16H22ClNO6. The van der Waals surface area contributed by atoms with Crippen LogP contribution in [0.2, 0.25) is 5.02 Å². The summed E-state index contributed by atoms with van der Waals surface area (Å²) in [5.41, 5.74) is -0.531. The van der Waals surface area contributed by atoms with Gasteiger partial charge in [-0.25, -0.2) is 9.59 Å². The highest BCUT2D eigenvalue weighted by Crippen LogP contribution is 2.24. The molecule has 1 aromatic rings. The zero-order valence-electron chi connectivity index (χ0n) is 13.7. The molecule has 134 valence electrons. The molecule has 2 unspecified atom stereocenters. The van der Waals surface area contributed by atoms with E-state index in [1.165, 1.54) is 18.2 Å². The third kappa shape index (κ3) is 6.74. The molecular weight excluding hydrogens is 338 g/mol. The van der Waals surface area contributed by atoms with Gasteiger partial charge in [0.05, 0.1) is 11.7 Å². The van der Waals surface area contributed by atoms with Gasteiger partial charge in [0.1, 0.15) is 11.7 Å². The Morgan fingerprint density at radius 2 is 1.88 bits per heavy atom. The molecule has 0 fully saturated rings. The molecule has 1 rings (SSSR count). The second-order valence-corrected chi connectivity index (χ2v) is 6.74. The van der Waals surface area contributed by atoms with E-state index in [1.54, 1.807) is 20.8 Å². The number of ether oxygens (including phenoxy) is 1. The minimum Gasteiger partial charge on any atom is -0.478 e. The minimum atomic E-state index is -1.33. The van der Waals surface area contributed by atoms with Gasteiger partial charge < -0.3 is 25.4 Å². The van der Waals surface area contributed by atoms with E-state index in [2.05, 4.69) is 5.32 Å². The molecule has 0 heterocycles. The van der Waals surface area contributed by atoms with Crippen LogP contribution >= 0.6 is 11.6 Å². The van der Waals surface area contributed by atoms with E-state index in [0.717, 1.165) is 0 Å². The van der Waals surface area contributed by atoms with Crippen molar-refractivity contribution in [3.05, 3.63) is 34.3 Å². The first-order valence-corrected chi connectivity index (χ1v) is 7.74. The number of hydrogen-bond acceptors (Lipinski definition) is 5. The standard InChI is InChI=1S/C16H22ClNO6/c1-16(2,3)24-15(23)18-5-4-12(19)13(20)9-6-10(14(21)22)8-11(17)7-9/h6-8,12-13,19-20H,4-5H2,1-3H3,(H,18,23)(H,21,22). The largest absolute Gasteiger partial charge is 0.478 e. The molecule has 7 nitrogen and oxygen atoms in total. The van der Waals surface area contributed by atoms with Crippen molar-refractivity contribution in [1.82, 2.24) is 5.32 Å². The van der Waals surface area contributed by atoms with Crippen molar-refractivity contribution in [3.63, 3.8) is 0 Å². The summed E-state index contributed by atoms with van der Waals surface area (Å²) in [6.45, 7) is 5.26. The number of aliphatic hydroxyl groups excluding tert-OH is 2. The lowest BCUT2D eigenvalue weighted by Crippen LogP contribution is -2.34. The van der Waals surface area contributed by atoms with Crippen molar-refractivity contribution in [2.45, 2.75) is 45.0 Å². The molecule has 1 amide bonds. The number of nitrogens with one attached hydrogen (secondary N) is 1. The van der Waals surface area contributed by atoms with Gasteiger partial charge in [0.25, 0.3) is 0 Å². The summed E-state index contributed by atoms with van der Waals surface area (Å²) in [6, 6.07) is 3.86. The molecule has 0 bridgehead atoms. The molecule has 0 aromatic heterocycles. The number of amides is 1. The number of hydrogen-bond donors (Lipinski definition) is 4. The maximum atomic E-state index is 11.5. The van der Waals surface area contributed by atoms with Crippen molar-refractivity contribution in [2.75, 3.05) is 6.54 Å². The predicted octanol–water partition coefficient (Wildman–Crippen LogP) is 2.35. The topological polar surface area (TPSA) is 116 Å². The maximum absolute atomic E-state index is 11.5. The van der Waals surface area contributed by atoms with Crippen LogP contribution in [0.25, 0.3) is 0 Å². The van der Waals surface area contributed by atoms with Crippen LogP contribution in [0.4, 0.5) is 4.79 Å². The fourth-order valence-corrected chi connectivity index (χ4v) is 2.17. The van der Waals surface area contributed by atoms with Crippen LogP contribution in [-0.4, -0.2) is 45.6 Å². The van der Waals surface area contributed by atoms with Gasteiger partial charge >= 0.3 is 12.1 Å². The van der Waals surface area contributed by atoms with Gasteiger partial charge in [-0.3, -0.25) is 0 Å². The van der Waals surface area contributed by atoms with Crippen molar-refractivity contribution in [1.29, 1.82) is 0 Å². The highest BCUT2D eigenvalue weighted by molar-refractivity contribution is 6.31. The Bertz CT molecular complexity index is 599. The van der Waals surface area contributed by atoms with Crippen LogP contribution < -0.4 is 5.32 Å². The molecule has 0 aliphatic rings. The van der Waals surface area contributed by atoms with Gasteiger partial charge in [-0.1, -0.05) is 11.6 Å². The lowest BCUT2D eigenvalue weighted by atomic mass is 10.00. The third-order valence-corrected chi connectivity index (χ3v) is 3.20. The van der Waals surface area contributed by atoms with Crippen LogP contribution in [0, 0.1) is 0 Å². The molecule has 4 N–H and O–H groups in total. The first kappa shape index (κ1) is 20.2. The van der Waals surface area contributed by atoms with Gasteiger partial charge in [-0.05, 0) is 51.0 Å². The van der Waals surface area contributed by atoms with Crippen LogP contribution in [0.3, 0.4) is 0 Å². The number of benzene rings is 1. The summed E-state index contributed by atoms with van der Waals surface area (Å²) in [6.07, 6.45) is -3.11. The SMILES string of the molecule is CC(C)(C)OC(=O)NCCC(O)C(O)c1cc(Cl)cc(C(=O)O)c1. The van der Waals surface area contributed by atoms with Crippen molar-refractivity contribution >= 4 is 23.7 Å². The number of carbonyl (C=O) groups excluding carboxylic acids is 1. The smallest absolute Gasteiger partial charge is 0.407 e. The summed E-state index contributed by atoms with van der Waals surface area (Å²) in [4.78, 5) is 22.5. The van der Waals surface area contributed by atoms with Gasteiger partial charge in [-0.15, -0.1) is 0 Å². The van der Waals surface area contributed by atoms with Crippen LogP contribution in [0.15, 0.2) is 18.2 Å². The number of alkyl carbamates (subject to hydrolysis) is 1. The zero-order chi connectivity index (χ0) is 18.5. The number of halogens is 1. The van der Waals surface area contributed by atoms with Crippen molar-refractivity contribution in [2.24, 2.45) is 0 Å². The Labute approximate surface area is 145 Å². The Balaban J connectivity index is 2.61. The average Bonchev–Trinajstić information content (AvgIpc) is 2.43. The number of carboxylic acids is 1. The number of aromatic carboxylic acids is 1. The number of aliphatic hydroxyl groups is 2.